The Morgan fingerprint density at radius 2 is 2.19 bits per heavy atom. The van der Waals surface area contributed by atoms with E-state index in [1.165, 1.54) is 0 Å². The molecule has 0 bridgehead atoms. The second-order valence-corrected chi connectivity index (χ2v) is 3.82. The Bertz CT molecular complexity index is 522. The van der Waals surface area contributed by atoms with Crippen molar-refractivity contribution in [2.24, 2.45) is 0 Å². The number of carboxylic acids is 1. The first-order valence-corrected chi connectivity index (χ1v) is 5.48. The van der Waals surface area contributed by atoms with E-state index in [0.717, 1.165) is 10.9 Å². The van der Waals surface area contributed by atoms with E-state index in [1.54, 1.807) is 4.68 Å². The molecule has 84 valence electrons. The lowest BCUT2D eigenvalue weighted by atomic mass is 10.1. The van der Waals surface area contributed by atoms with Gasteiger partial charge in [0, 0.05) is 11.3 Å². The fourth-order valence-electron chi connectivity index (χ4n) is 1.73. The van der Waals surface area contributed by atoms with E-state index in [1.807, 2.05) is 24.3 Å². The van der Waals surface area contributed by atoms with Crippen LogP contribution in [0.2, 0.25) is 0 Å². The summed E-state index contributed by atoms with van der Waals surface area (Å²) < 4.78 is 1.67. The normalized spacial score (nSPS) is 10.8. The highest BCUT2D eigenvalue weighted by molar-refractivity contribution is 6.17. The molecule has 0 saturated carbocycles. The highest BCUT2D eigenvalue weighted by Crippen LogP contribution is 2.18. The predicted molar refractivity (Wildman–Crippen MR) is 61.8 cm³/mol. The molecule has 0 saturated heterocycles. The summed E-state index contributed by atoms with van der Waals surface area (Å²) in [5.41, 5.74) is 1.52. The zero-order chi connectivity index (χ0) is 11.5. The molecule has 2 aromatic rings. The monoisotopic (exact) mass is 238 g/mol. The van der Waals surface area contributed by atoms with Gasteiger partial charge in [0.05, 0.1) is 24.2 Å². The number of aromatic nitrogens is 2. The minimum atomic E-state index is -0.860. The van der Waals surface area contributed by atoms with Crippen molar-refractivity contribution < 1.29 is 9.90 Å². The molecule has 0 unspecified atom stereocenters. The van der Waals surface area contributed by atoms with Gasteiger partial charge in [-0.3, -0.25) is 9.48 Å². The van der Waals surface area contributed by atoms with Gasteiger partial charge in [-0.05, 0) is 6.07 Å². The first-order chi connectivity index (χ1) is 7.72. The van der Waals surface area contributed by atoms with E-state index >= 15 is 0 Å². The number of hydrogen-bond acceptors (Lipinski definition) is 2. The molecule has 0 fully saturated rings. The van der Waals surface area contributed by atoms with Crippen molar-refractivity contribution in [3.8, 4) is 0 Å². The number of benzene rings is 1. The molecule has 0 spiro atoms. The average Bonchev–Trinajstić information content (AvgIpc) is 2.57. The van der Waals surface area contributed by atoms with Gasteiger partial charge < -0.3 is 5.11 Å². The van der Waals surface area contributed by atoms with Gasteiger partial charge in [0.2, 0.25) is 0 Å². The van der Waals surface area contributed by atoms with Crippen LogP contribution in [0.3, 0.4) is 0 Å². The molecular weight excluding hydrogens is 228 g/mol. The van der Waals surface area contributed by atoms with E-state index < -0.39 is 5.97 Å². The van der Waals surface area contributed by atoms with Gasteiger partial charge in [-0.1, -0.05) is 18.2 Å². The van der Waals surface area contributed by atoms with E-state index in [9.17, 15) is 4.79 Å². The molecule has 0 radical (unpaired) electrons. The van der Waals surface area contributed by atoms with Crippen LogP contribution in [0.1, 0.15) is 5.69 Å². The average molecular weight is 239 g/mol. The lowest BCUT2D eigenvalue weighted by molar-refractivity contribution is -0.136. The van der Waals surface area contributed by atoms with Crippen molar-refractivity contribution in [3.05, 3.63) is 30.0 Å². The molecule has 4 nitrogen and oxygen atoms in total. The van der Waals surface area contributed by atoms with E-state index in [4.69, 9.17) is 16.7 Å². The van der Waals surface area contributed by atoms with E-state index in [0.29, 0.717) is 18.1 Å². The molecule has 0 amide bonds. The van der Waals surface area contributed by atoms with Crippen LogP contribution < -0.4 is 0 Å². The molecule has 16 heavy (non-hydrogen) atoms. The Morgan fingerprint density at radius 3 is 2.88 bits per heavy atom. The highest BCUT2D eigenvalue weighted by atomic mass is 35.5. The maximum absolute atomic E-state index is 10.8. The first kappa shape index (κ1) is 11.0. The molecule has 1 heterocycles. The summed E-state index contributed by atoms with van der Waals surface area (Å²) in [4.78, 5) is 10.8. The quantitative estimate of drug-likeness (QED) is 0.828. The summed E-state index contributed by atoms with van der Waals surface area (Å²) in [6.45, 7) is 0.527. The van der Waals surface area contributed by atoms with Gasteiger partial charge in [0.1, 0.15) is 0 Å². The minimum absolute atomic E-state index is 0.0304. The maximum Gasteiger partial charge on any atom is 0.309 e. The molecule has 0 aliphatic rings. The Labute approximate surface area is 97.4 Å². The van der Waals surface area contributed by atoms with Crippen molar-refractivity contribution in [1.82, 2.24) is 9.78 Å². The number of aryl methyl sites for hydroxylation is 1. The van der Waals surface area contributed by atoms with Crippen molar-refractivity contribution >= 4 is 28.5 Å². The molecule has 1 aromatic carbocycles. The molecule has 1 N–H and O–H groups in total. The van der Waals surface area contributed by atoms with Crippen LogP contribution >= 0.6 is 11.6 Å². The van der Waals surface area contributed by atoms with Crippen LogP contribution in [-0.4, -0.2) is 26.7 Å². The fourth-order valence-corrected chi connectivity index (χ4v) is 1.89. The summed E-state index contributed by atoms with van der Waals surface area (Å²) in [5.74, 6) is -0.442. The summed E-state index contributed by atoms with van der Waals surface area (Å²) in [6, 6.07) is 7.50. The summed E-state index contributed by atoms with van der Waals surface area (Å²) in [6.07, 6.45) is -0.0304. The minimum Gasteiger partial charge on any atom is -0.481 e. The van der Waals surface area contributed by atoms with Crippen molar-refractivity contribution in [3.63, 3.8) is 0 Å². The third-order valence-corrected chi connectivity index (χ3v) is 2.54. The number of alkyl halides is 1. The van der Waals surface area contributed by atoms with Crippen LogP contribution in [0.4, 0.5) is 0 Å². The van der Waals surface area contributed by atoms with Crippen LogP contribution in [0.15, 0.2) is 24.3 Å². The van der Waals surface area contributed by atoms with Crippen molar-refractivity contribution in [2.75, 3.05) is 5.88 Å². The van der Waals surface area contributed by atoms with E-state index in [-0.39, 0.29) is 6.42 Å². The highest BCUT2D eigenvalue weighted by Gasteiger charge is 2.13. The number of aliphatic carboxylic acids is 1. The summed E-state index contributed by atoms with van der Waals surface area (Å²) in [5, 5.41) is 14.1. The smallest absolute Gasteiger partial charge is 0.309 e. The van der Waals surface area contributed by atoms with Gasteiger partial charge in [0.15, 0.2) is 0 Å². The number of halogens is 1. The second-order valence-electron chi connectivity index (χ2n) is 3.45. The fraction of sp³-hybridized carbons (Fsp3) is 0.273. The predicted octanol–water partition coefficient (Wildman–Crippen LogP) is 1.90. The van der Waals surface area contributed by atoms with Crippen molar-refractivity contribution in [2.45, 2.75) is 13.0 Å². The summed E-state index contributed by atoms with van der Waals surface area (Å²) in [7, 11) is 0. The SMILES string of the molecule is O=C(O)Cc1c2ccccc2nn1CCCl. The van der Waals surface area contributed by atoms with Crippen LogP contribution in [0, 0.1) is 0 Å². The van der Waals surface area contributed by atoms with Crippen LogP contribution in [0.25, 0.3) is 10.9 Å². The molecule has 0 atom stereocenters. The number of rotatable bonds is 4. The first-order valence-electron chi connectivity index (χ1n) is 4.94. The van der Waals surface area contributed by atoms with Crippen LogP contribution in [0.5, 0.6) is 0 Å². The number of carboxylic acid groups (broad SMARTS) is 1. The Kier molecular flexibility index (Phi) is 3.10. The van der Waals surface area contributed by atoms with Gasteiger partial charge in [0.25, 0.3) is 0 Å². The number of nitrogens with zero attached hydrogens (tertiary/aromatic N) is 2. The molecule has 5 heteroatoms. The van der Waals surface area contributed by atoms with Gasteiger partial charge in [-0.15, -0.1) is 11.6 Å². The second kappa shape index (κ2) is 4.53. The largest absolute Gasteiger partial charge is 0.481 e. The number of carbonyl (C=O) groups is 1. The molecule has 2 rings (SSSR count). The number of fused-ring (bicyclic) bond motifs is 1. The van der Waals surface area contributed by atoms with Crippen molar-refractivity contribution in [1.29, 1.82) is 0 Å². The molecule has 0 aliphatic carbocycles. The molecule has 1 aromatic heterocycles. The molecular formula is C11H11ClN2O2. The zero-order valence-corrected chi connectivity index (χ0v) is 9.31. The lowest BCUT2D eigenvalue weighted by Crippen LogP contribution is -2.10. The Morgan fingerprint density at radius 1 is 1.44 bits per heavy atom. The third-order valence-electron chi connectivity index (χ3n) is 2.37. The standard InChI is InChI=1S/C11H11ClN2O2/c12-5-6-14-10(7-11(15)16)8-3-1-2-4-9(8)13-14/h1-4H,5-7H2,(H,15,16). The molecule has 0 aliphatic heterocycles. The maximum atomic E-state index is 10.8. The Balaban J connectivity index is 2.54. The number of hydrogen-bond donors (Lipinski definition) is 1. The lowest BCUT2D eigenvalue weighted by Gasteiger charge is -2.02. The third kappa shape index (κ3) is 2.02. The topological polar surface area (TPSA) is 55.1 Å². The van der Waals surface area contributed by atoms with Crippen LogP contribution in [-0.2, 0) is 17.8 Å². The van der Waals surface area contributed by atoms with Gasteiger partial charge >= 0.3 is 5.97 Å². The summed E-state index contributed by atoms with van der Waals surface area (Å²) >= 11 is 5.66. The van der Waals surface area contributed by atoms with E-state index in [2.05, 4.69) is 5.10 Å². The zero-order valence-electron chi connectivity index (χ0n) is 8.56. The van der Waals surface area contributed by atoms with Gasteiger partial charge in [-0.2, -0.15) is 5.10 Å². The van der Waals surface area contributed by atoms with Gasteiger partial charge in [-0.25, -0.2) is 0 Å². The Hall–Kier alpha value is -1.55.